The molecule has 1 aromatic heterocycles. The standard InChI is InChI=1S/C23H29N3O2/c1-22-10-8-16-14(4-7-19-23(16,2)11-9-20(27)26-19)15(22)5-6-17(22)18-12-24-13-21(25-18)28-3/h6-7,12-16H,4-5,8-11H2,1-3H3,(H,26,27)/t14-,15-,16-,22-,23+/m0/s1. The van der Waals surface area contributed by atoms with Gasteiger partial charge in [0.05, 0.1) is 25.2 Å². The highest BCUT2D eigenvalue weighted by atomic mass is 16.5. The maximum absolute atomic E-state index is 11.9. The average Bonchev–Trinajstić information content (AvgIpc) is 3.06. The predicted octanol–water partition coefficient (Wildman–Crippen LogP) is 4.12. The Kier molecular flexibility index (Phi) is 3.94. The highest BCUT2D eigenvalue weighted by Crippen LogP contribution is 2.65. The molecule has 1 aliphatic heterocycles. The summed E-state index contributed by atoms with van der Waals surface area (Å²) >= 11 is 0. The lowest BCUT2D eigenvalue weighted by Gasteiger charge is -2.56. The minimum atomic E-state index is 0.122. The summed E-state index contributed by atoms with van der Waals surface area (Å²) in [5.41, 5.74) is 3.77. The fraction of sp³-hybridized carbons (Fsp3) is 0.609. The molecule has 0 radical (unpaired) electrons. The minimum absolute atomic E-state index is 0.122. The van der Waals surface area contributed by atoms with Crippen molar-refractivity contribution < 1.29 is 9.53 Å². The molecule has 1 N–H and O–H groups in total. The first-order chi connectivity index (χ1) is 13.5. The van der Waals surface area contributed by atoms with Crippen LogP contribution in [0.1, 0.15) is 58.1 Å². The number of nitrogens with one attached hydrogen (secondary N) is 1. The highest BCUT2D eigenvalue weighted by Gasteiger charge is 2.57. The number of aromatic nitrogens is 2. The third kappa shape index (κ3) is 2.41. The summed E-state index contributed by atoms with van der Waals surface area (Å²) in [6, 6.07) is 0. The van der Waals surface area contributed by atoms with Gasteiger partial charge in [0.15, 0.2) is 0 Å². The molecule has 1 saturated carbocycles. The molecule has 0 bridgehead atoms. The average molecular weight is 380 g/mol. The van der Waals surface area contributed by atoms with Crippen molar-refractivity contribution in [2.75, 3.05) is 7.11 Å². The van der Waals surface area contributed by atoms with Gasteiger partial charge in [-0.3, -0.25) is 9.78 Å². The van der Waals surface area contributed by atoms with Gasteiger partial charge >= 0.3 is 0 Å². The molecule has 5 atom stereocenters. The van der Waals surface area contributed by atoms with Gasteiger partial charge < -0.3 is 10.1 Å². The largest absolute Gasteiger partial charge is 0.480 e. The Bertz CT molecular complexity index is 892. The number of amides is 1. The van der Waals surface area contributed by atoms with E-state index < -0.39 is 0 Å². The summed E-state index contributed by atoms with van der Waals surface area (Å²) in [7, 11) is 1.64. The molecule has 0 spiro atoms. The van der Waals surface area contributed by atoms with E-state index in [-0.39, 0.29) is 16.7 Å². The van der Waals surface area contributed by atoms with Crippen LogP contribution < -0.4 is 10.1 Å². The van der Waals surface area contributed by atoms with Gasteiger partial charge in [0.2, 0.25) is 11.8 Å². The number of hydrogen-bond acceptors (Lipinski definition) is 4. The number of methoxy groups -OCH3 is 1. The maximum Gasteiger partial charge on any atom is 0.232 e. The molecular weight excluding hydrogens is 350 g/mol. The lowest BCUT2D eigenvalue weighted by atomic mass is 9.49. The van der Waals surface area contributed by atoms with Gasteiger partial charge in [-0.25, -0.2) is 4.98 Å². The Morgan fingerprint density at radius 1 is 1.11 bits per heavy atom. The molecular formula is C23H29N3O2. The Balaban J connectivity index is 1.47. The zero-order chi connectivity index (χ0) is 19.5. The SMILES string of the molecule is COc1cncc(C2=CC[C@H]3[C@@H]4CC=C5NC(=O)CC[C@]5(C)[C@H]4CC[C@]23C)n1. The summed E-state index contributed by atoms with van der Waals surface area (Å²) in [5, 5.41) is 3.19. The molecule has 148 valence electrons. The molecule has 1 aromatic rings. The number of carbonyl (C=O) groups excluding carboxylic acids is 1. The number of carbonyl (C=O) groups is 1. The molecule has 0 unspecified atom stereocenters. The van der Waals surface area contributed by atoms with Crippen molar-refractivity contribution in [3.63, 3.8) is 0 Å². The lowest BCUT2D eigenvalue weighted by Crippen LogP contribution is -2.52. The summed E-state index contributed by atoms with van der Waals surface area (Å²) in [5.74, 6) is 2.70. The zero-order valence-electron chi connectivity index (χ0n) is 17.0. The van der Waals surface area contributed by atoms with E-state index in [0.29, 0.717) is 30.1 Å². The van der Waals surface area contributed by atoms with Crippen LogP contribution in [0.25, 0.3) is 5.57 Å². The van der Waals surface area contributed by atoms with Crippen molar-refractivity contribution >= 4 is 11.5 Å². The van der Waals surface area contributed by atoms with Gasteiger partial charge in [-0.05, 0) is 60.8 Å². The first-order valence-corrected chi connectivity index (χ1v) is 10.5. The van der Waals surface area contributed by atoms with Crippen LogP contribution in [-0.2, 0) is 4.79 Å². The monoisotopic (exact) mass is 379 g/mol. The smallest absolute Gasteiger partial charge is 0.232 e. The number of rotatable bonds is 2. The first-order valence-electron chi connectivity index (χ1n) is 10.5. The Labute approximate surface area is 166 Å². The molecule has 2 heterocycles. The van der Waals surface area contributed by atoms with Crippen molar-refractivity contribution in [2.24, 2.45) is 28.6 Å². The Morgan fingerprint density at radius 3 is 2.79 bits per heavy atom. The number of allylic oxidation sites excluding steroid dienone is 4. The minimum Gasteiger partial charge on any atom is -0.480 e. The fourth-order valence-corrected chi connectivity index (χ4v) is 6.73. The van der Waals surface area contributed by atoms with Crippen LogP contribution in [-0.4, -0.2) is 23.0 Å². The van der Waals surface area contributed by atoms with E-state index in [9.17, 15) is 4.79 Å². The highest BCUT2D eigenvalue weighted by molar-refractivity contribution is 5.79. The summed E-state index contributed by atoms with van der Waals surface area (Å²) in [6.45, 7) is 4.81. The number of piperidine rings is 1. The van der Waals surface area contributed by atoms with Gasteiger partial charge in [0.1, 0.15) is 0 Å². The van der Waals surface area contributed by atoms with Gasteiger partial charge in [0, 0.05) is 17.5 Å². The third-order valence-electron chi connectivity index (χ3n) is 8.29. The van der Waals surface area contributed by atoms with Crippen molar-refractivity contribution in [2.45, 2.75) is 52.4 Å². The summed E-state index contributed by atoms with van der Waals surface area (Å²) in [4.78, 5) is 21.0. The fourth-order valence-electron chi connectivity index (χ4n) is 6.73. The molecule has 1 saturated heterocycles. The first kappa shape index (κ1) is 17.9. The van der Waals surface area contributed by atoms with Crippen LogP contribution in [0.5, 0.6) is 5.88 Å². The van der Waals surface area contributed by atoms with E-state index in [1.807, 2.05) is 6.20 Å². The van der Waals surface area contributed by atoms with Crippen molar-refractivity contribution in [1.82, 2.24) is 15.3 Å². The van der Waals surface area contributed by atoms with Gasteiger partial charge in [-0.2, -0.15) is 0 Å². The van der Waals surface area contributed by atoms with Crippen molar-refractivity contribution in [3.05, 3.63) is 35.9 Å². The predicted molar refractivity (Wildman–Crippen MR) is 107 cm³/mol. The molecule has 3 aliphatic carbocycles. The molecule has 5 nitrogen and oxygen atoms in total. The molecule has 5 rings (SSSR count). The van der Waals surface area contributed by atoms with E-state index in [4.69, 9.17) is 4.74 Å². The maximum atomic E-state index is 11.9. The molecule has 2 fully saturated rings. The topological polar surface area (TPSA) is 64.1 Å². The number of ether oxygens (including phenoxy) is 1. The van der Waals surface area contributed by atoms with Gasteiger partial charge in [-0.1, -0.05) is 26.0 Å². The van der Waals surface area contributed by atoms with E-state index in [2.05, 4.69) is 41.3 Å². The van der Waals surface area contributed by atoms with Crippen LogP contribution in [0.2, 0.25) is 0 Å². The number of hydrogen-bond donors (Lipinski definition) is 1. The van der Waals surface area contributed by atoms with Crippen molar-refractivity contribution in [3.8, 4) is 5.88 Å². The van der Waals surface area contributed by atoms with Gasteiger partial charge in [0.25, 0.3) is 0 Å². The van der Waals surface area contributed by atoms with E-state index >= 15 is 0 Å². The number of fused-ring (bicyclic) bond motifs is 5. The van der Waals surface area contributed by atoms with Gasteiger partial charge in [-0.15, -0.1) is 0 Å². The molecule has 0 aromatic carbocycles. The van der Waals surface area contributed by atoms with E-state index in [1.54, 1.807) is 13.3 Å². The van der Waals surface area contributed by atoms with Crippen LogP contribution in [0, 0.1) is 28.6 Å². The Morgan fingerprint density at radius 2 is 1.96 bits per heavy atom. The molecule has 4 aliphatic rings. The van der Waals surface area contributed by atoms with Crippen molar-refractivity contribution in [1.29, 1.82) is 0 Å². The summed E-state index contributed by atoms with van der Waals surface area (Å²) in [6.07, 6.45) is 14.5. The molecule has 1 amide bonds. The second-order valence-corrected chi connectivity index (χ2v) is 9.45. The second-order valence-electron chi connectivity index (χ2n) is 9.45. The third-order valence-corrected chi connectivity index (χ3v) is 8.29. The lowest BCUT2D eigenvalue weighted by molar-refractivity contribution is -0.124. The Hall–Kier alpha value is -2.17. The normalized spacial score (nSPS) is 39.1. The zero-order valence-corrected chi connectivity index (χ0v) is 17.0. The second kappa shape index (κ2) is 6.16. The van der Waals surface area contributed by atoms with Crippen LogP contribution in [0.15, 0.2) is 30.2 Å². The van der Waals surface area contributed by atoms with Crippen LogP contribution >= 0.6 is 0 Å². The quantitative estimate of drug-likeness (QED) is 0.839. The van der Waals surface area contributed by atoms with E-state index in [0.717, 1.165) is 25.0 Å². The summed E-state index contributed by atoms with van der Waals surface area (Å²) < 4.78 is 5.31. The van der Waals surface area contributed by atoms with Crippen LogP contribution in [0.3, 0.4) is 0 Å². The van der Waals surface area contributed by atoms with E-state index in [1.165, 1.54) is 24.1 Å². The molecule has 5 heteroatoms. The number of nitrogens with zero attached hydrogens (tertiary/aromatic N) is 2. The molecule has 28 heavy (non-hydrogen) atoms. The van der Waals surface area contributed by atoms with Crippen LogP contribution in [0.4, 0.5) is 0 Å².